The number of nitrogens with one attached hydrogen (secondary N) is 1. The van der Waals surface area contributed by atoms with Gasteiger partial charge in [0.2, 0.25) is 15.9 Å². The maximum Gasteiger partial charge on any atom is 0.246 e. The zero-order chi connectivity index (χ0) is 17.7. The smallest absolute Gasteiger partial charge is 0.246 e. The van der Waals surface area contributed by atoms with E-state index in [1.54, 1.807) is 18.2 Å². The van der Waals surface area contributed by atoms with Gasteiger partial charge in [-0.1, -0.05) is 6.07 Å². The van der Waals surface area contributed by atoms with Gasteiger partial charge >= 0.3 is 0 Å². The van der Waals surface area contributed by atoms with Crippen LogP contribution in [0.1, 0.15) is 18.4 Å². The minimum Gasteiger partial charge on any atom is -0.495 e. The summed E-state index contributed by atoms with van der Waals surface area (Å²) in [7, 11) is -2.21. The molecule has 7 nitrogen and oxygen atoms in total. The van der Waals surface area contributed by atoms with Crippen molar-refractivity contribution in [3.05, 3.63) is 23.8 Å². The van der Waals surface area contributed by atoms with E-state index in [1.807, 2.05) is 6.92 Å². The van der Waals surface area contributed by atoms with E-state index in [0.29, 0.717) is 18.6 Å². The normalized spacial score (nSPS) is 16.8. The summed E-state index contributed by atoms with van der Waals surface area (Å²) in [5.74, 6) is -0.0277. The topological polar surface area (TPSA) is 95.9 Å². The Morgan fingerprint density at radius 2 is 2.04 bits per heavy atom. The highest BCUT2D eigenvalue weighted by atomic mass is 32.2. The third-order valence-electron chi connectivity index (χ3n) is 4.17. The van der Waals surface area contributed by atoms with Crippen LogP contribution in [0.5, 0.6) is 5.75 Å². The van der Waals surface area contributed by atoms with Crippen LogP contribution in [0.15, 0.2) is 23.1 Å². The minimum absolute atomic E-state index is 0.105. The Labute approximate surface area is 142 Å². The average Bonchev–Trinajstić information content (AvgIpc) is 2.59. The number of methoxy groups -OCH3 is 1. The highest BCUT2D eigenvalue weighted by Crippen LogP contribution is 2.30. The molecule has 1 fully saturated rings. The first-order valence-electron chi connectivity index (χ1n) is 7.93. The molecule has 0 aromatic heterocycles. The Morgan fingerprint density at radius 1 is 1.38 bits per heavy atom. The van der Waals surface area contributed by atoms with Crippen LogP contribution in [0.4, 0.5) is 0 Å². The van der Waals surface area contributed by atoms with Crippen molar-refractivity contribution in [3.8, 4) is 5.75 Å². The highest BCUT2D eigenvalue weighted by Gasteiger charge is 2.33. The molecule has 1 aliphatic rings. The van der Waals surface area contributed by atoms with E-state index in [2.05, 4.69) is 5.32 Å². The largest absolute Gasteiger partial charge is 0.495 e. The number of aliphatic hydroxyl groups is 1. The highest BCUT2D eigenvalue weighted by molar-refractivity contribution is 7.89. The Bertz CT molecular complexity index is 682. The van der Waals surface area contributed by atoms with Crippen molar-refractivity contribution >= 4 is 15.9 Å². The molecule has 1 saturated heterocycles. The number of hydrogen-bond donors (Lipinski definition) is 2. The van der Waals surface area contributed by atoms with Gasteiger partial charge in [-0.3, -0.25) is 4.79 Å². The monoisotopic (exact) mass is 356 g/mol. The molecule has 0 atom stereocenters. The van der Waals surface area contributed by atoms with Crippen molar-refractivity contribution in [3.63, 3.8) is 0 Å². The number of piperidine rings is 1. The SMILES string of the molecule is COc1ccc(C)cc1S(=O)(=O)N1CCC(C(=O)NCCO)CC1. The van der Waals surface area contributed by atoms with Crippen LogP contribution in [0.2, 0.25) is 0 Å². The molecule has 1 aliphatic heterocycles. The fourth-order valence-electron chi connectivity index (χ4n) is 2.81. The van der Waals surface area contributed by atoms with E-state index in [0.717, 1.165) is 5.56 Å². The molecule has 2 N–H and O–H groups in total. The number of carbonyl (C=O) groups excluding carboxylic acids is 1. The summed E-state index contributed by atoms with van der Waals surface area (Å²) in [5.41, 5.74) is 0.840. The van der Waals surface area contributed by atoms with E-state index in [4.69, 9.17) is 9.84 Å². The lowest BCUT2D eigenvalue weighted by molar-refractivity contribution is -0.126. The summed E-state index contributed by atoms with van der Waals surface area (Å²) in [6.07, 6.45) is 0.926. The van der Waals surface area contributed by atoms with Crippen LogP contribution in [-0.4, -0.2) is 57.1 Å². The molecule has 2 rings (SSSR count). The number of nitrogens with zero attached hydrogens (tertiary/aromatic N) is 1. The second-order valence-corrected chi connectivity index (χ2v) is 7.75. The fourth-order valence-corrected chi connectivity index (χ4v) is 4.52. The molecule has 1 aromatic rings. The lowest BCUT2D eigenvalue weighted by atomic mass is 9.97. The standard InChI is InChI=1S/C16H24N2O5S/c1-12-3-4-14(23-2)15(11-12)24(21,22)18-8-5-13(6-9-18)16(20)17-7-10-19/h3-4,11,13,19H,5-10H2,1-2H3,(H,17,20). The molecule has 0 unspecified atom stereocenters. The molecule has 0 radical (unpaired) electrons. The minimum atomic E-state index is -3.66. The predicted molar refractivity (Wildman–Crippen MR) is 89.3 cm³/mol. The first-order chi connectivity index (χ1) is 11.4. The Hall–Kier alpha value is -1.64. The lowest BCUT2D eigenvalue weighted by Gasteiger charge is -2.31. The maximum atomic E-state index is 12.9. The molecule has 0 aliphatic carbocycles. The van der Waals surface area contributed by atoms with Gasteiger partial charge in [0.25, 0.3) is 0 Å². The van der Waals surface area contributed by atoms with Gasteiger partial charge in [-0.05, 0) is 37.5 Å². The van der Waals surface area contributed by atoms with Gasteiger partial charge in [0.1, 0.15) is 10.6 Å². The van der Waals surface area contributed by atoms with Crippen molar-refractivity contribution < 1.29 is 23.1 Å². The van der Waals surface area contributed by atoms with Gasteiger partial charge in [-0.2, -0.15) is 4.31 Å². The Kier molecular flexibility index (Phi) is 6.20. The van der Waals surface area contributed by atoms with E-state index in [9.17, 15) is 13.2 Å². The Morgan fingerprint density at radius 3 is 2.62 bits per heavy atom. The number of carbonyl (C=O) groups is 1. The van der Waals surface area contributed by atoms with Crippen LogP contribution in [0.3, 0.4) is 0 Å². The number of benzene rings is 1. The van der Waals surface area contributed by atoms with E-state index in [1.165, 1.54) is 11.4 Å². The van der Waals surface area contributed by atoms with Crippen molar-refractivity contribution in [2.75, 3.05) is 33.4 Å². The number of rotatable bonds is 6. The van der Waals surface area contributed by atoms with E-state index < -0.39 is 10.0 Å². The number of ether oxygens (including phenoxy) is 1. The summed E-state index contributed by atoms with van der Waals surface area (Å²) >= 11 is 0. The summed E-state index contributed by atoms with van der Waals surface area (Å²) in [5, 5.41) is 11.4. The third kappa shape index (κ3) is 4.06. The van der Waals surface area contributed by atoms with Gasteiger partial charge in [0, 0.05) is 25.6 Å². The van der Waals surface area contributed by atoms with Crippen molar-refractivity contribution in [1.29, 1.82) is 0 Å². The summed E-state index contributed by atoms with van der Waals surface area (Å²) in [6.45, 7) is 2.52. The molecule has 8 heteroatoms. The molecule has 0 spiro atoms. The van der Waals surface area contributed by atoms with Gasteiger partial charge in [0.05, 0.1) is 13.7 Å². The van der Waals surface area contributed by atoms with E-state index >= 15 is 0 Å². The summed E-state index contributed by atoms with van der Waals surface area (Å²) in [4.78, 5) is 12.1. The van der Waals surface area contributed by atoms with Crippen molar-refractivity contribution in [1.82, 2.24) is 9.62 Å². The van der Waals surface area contributed by atoms with Gasteiger partial charge in [-0.25, -0.2) is 8.42 Å². The van der Waals surface area contributed by atoms with Crippen molar-refractivity contribution in [2.24, 2.45) is 5.92 Å². The van der Waals surface area contributed by atoms with Gasteiger partial charge in [-0.15, -0.1) is 0 Å². The number of amides is 1. The first kappa shape index (κ1) is 18.7. The van der Waals surface area contributed by atoms with Crippen LogP contribution in [-0.2, 0) is 14.8 Å². The quantitative estimate of drug-likeness (QED) is 0.774. The third-order valence-corrected chi connectivity index (χ3v) is 6.09. The maximum absolute atomic E-state index is 12.9. The molecule has 1 aromatic carbocycles. The fraction of sp³-hybridized carbons (Fsp3) is 0.562. The van der Waals surface area contributed by atoms with Crippen molar-refractivity contribution in [2.45, 2.75) is 24.7 Å². The zero-order valence-corrected chi connectivity index (χ0v) is 14.8. The van der Waals surface area contributed by atoms with E-state index in [-0.39, 0.29) is 43.0 Å². The molecule has 24 heavy (non-hydrogen) atoms. The number of aryl methyl sites for hydroxylation is 1. The number of aliphatic hydroxyl groups excluding tert-OH is 1. The molecule has 0 saturated carbocycles. The molecular formula is C16H24N2O5S. The second-order valence-electron chi connectivity index (χ2n) is 5.85. The van der Waals surface area contributed by atoms with Gasteiger partial charge < -0.3 is 15.2 Å². The zero-order valence-electron chi connectivity index (χ0n) is 14.0. The summed E-state index contributed by atoms with van der Waals surface area (Å²) in [6, 6.07) is 5.06. The average molecular weight is 356 g/mol. The summed E-state index contributed by atoms with van der Waals surface area (Å²) < 4.78 is 32.4. The molecule has 134 valence electrons. The molecule has 1 heterocycles. The number of hydrogen-bond acceptors (Lipinski definition) is 5. The number of sulfonamides is 1. The molecule has 1 amide bonds. The van der Waals surface area contributed by atoms with Crippen LogP contribution in [0.25, 0.3) is 0 Å². The lowest BCUT2D eigenvalue weighted by Crippen LogP contribution is -2.43. The molecular weight excluding hydrogens is 332 g/mol. The van der Waals surface area contributed by atoms with Crippen LogP contribution in [0, 0.1) is 12.8 Å². The van der Waals surface area contributed by atoms with Crippen LogP contribution < -0.4 is 10.1 Å². The Balaban J connectivity index is 2.10. The first-order valence-corrected chi connectivity index (χ1v) is 9.37. The molecule has 0 bridgehead atoms. The second kappa shape index (κ2) is 7.96. The predicted octanol–water partition coefficient (Wildman–Crippen LogP) is 0.513. The van der Waals surface area contributed by atoms with Crippen LogP contribution >= 0.6 is 0 Å². The van der Waals surface area contributed by atoms with Gasteiger partial charge in [0.15, 0.2) is 0 Å².